The molecule has 2 heterocycles. The minimum Gasteiger partial charge on any atom is -0.383 e. The first-order valence-corrected chi connectivity index (χ1v) is 6.58. The molecule has 9 heteroatoms. The molecule has 2 rings (SSSR count). The maximum absolute atomic E-state index is 12.2. The van der Waals surface area contributed by atoms with Crippen LogP contribution in [0.1, 0.15) is 5.82 Å². The molecular formula is C9H14N6O2S. The molecule has 0 spiro atoms. The summed E-state index contributed by atoms with van der Waals surface area (Å²) in [7, 11) is -0.389. The molecule has 0 amide bonds. The van der Waals surface area contributed by atoms with Crippen molar-refractivity contribution in [3.05, 3.63) is 24.4 Å². The lowest BCUT2D eigenvalue weighted by atomic mass is 10.6. The van der Waals surface area contributed by atoms with Crippen LogP contribution in [0, 0.1) is 0 Å². The smallest absolute Gasteiger partial charge is 0.248 e. The van der Waals surface area contributed by atoms with Gasteiger partial charge in [0.05, 0.1) is 12.7 Å². The summed E-state index contributed by atoms with van der Waals surface area (Å²) in [5.74, 6) is 0.671. The molecule has 8 nitrogen and oxygen atoms in total. The van der Waals surface area contributed by atoms with Crippen LogP contribution in [-0.4, -0.2) is 39.5 Å². The van der Waals surface area contributed by atoms with E-state index in [0.29, 0.717) is 5.82 Å². The van der Waals surface area contributed by atoms with Crippen LogP contribution in [0.2, 0.25) is 0 Å². The fourth-order valence-corrected chi connectivity index (χ4v) is 2.62. The molecule has 0 radical (unpaired) electrons. The molecule has 0 saturated carbocycles. The van der Waals surface area contributed by atoms with E-state index in [4.69, 9.17) is 5.73 Å². The summed E-state index contributed by atoms with van der Waals surface area (Å²) < 4.78 is 27.3. The number of nitrogens with one attached hydrogen (secondary N) is 1. The highest BCUT2D eigenvalue weighted by molar-refractivity contribution is 7.89. The first-order valence-electron chi connectivity index (χ1n) is 5.14. The van der Waals surface area contributed by atoms with E-state index in [9.17, 15) is 8.42 Å². The van der Waals surface area contributed by atoms with E-state index in [1.165, 1.54) is 17.5 Å². The first-order chi connectivity index (χ1) is 8.43. The van der Waals surface area contributed by atoms with Gasteiger partial charge in [-0.2, -0.15) is 9.40 Å². The topological polar surface area (TPSA) is 110 Å². The van der Waals surface area contributed by atoms with Crippen LogP contribution in [0.15, 0.2) is 23.5 Å². The second kappa shape index (κ2) is 4.42. The van der Waals surface area contributed by atoms with Crippen molar-refractivity contribution in [3.8, 4) is 0 Å². The molecular weight excluding hydrogens is 256 g/mol. The van der Waals surface area contributed by atoms with Crippen molar-refractivity contribution < 1.29 is 8.42 Å². The number of sulfonamides is 1. The number of nitrogens with zero attached hydrogens (tertiary/aromatic N) is 4. The van der Waals surface area contributed by atoms with Crippen molar-refractivity contribution in [2.45, 2.75) is 11.4 Å². The standard InChI is InChI=1S/C9H14N6O2S/c1-14-4-3-11-8(14)6-15(2)18(16,17)7-5-12-13-9(7)10/h3-5H,6H2,1-2H3,(H3,10,12,13). The van der Waals surface area contributed by atoms with Crippen molar-refractivity contribution >= 4 is 15.8 Å². The third-order valence-electron chi connectivity index (χ3n) is 2.61. The van der Waals surface area contributed by atoms with Gasteiger partial charge in [-0.25, -0.2) is 13.4 Å². The number of imidazole rings is 1. The lowest BCUT2D eigenvalue weighted by molar-refractivity contribution is 0.451. The second-order valence-corrected chi connectivity index (χ2v) is 5.88. The van der Waals surface area contributed by atoms with Crippen LogP contribution < -0.4 is 5.73 Å². The average molecular weight is 270 g/mol. The third kappa shape index (κ3) is 2.09. The fourth-order valence-electron chi connectivity index (χ4n) is 1.49. The molecule has 0 aliphatic rings. The fraction of sp³-hybridized carbons (Fsp3) is 0.333. The maximum atomic E-state index is 12.2. The summed E-state index contributed by atoms with van der Waals surface area (Å²) in [6.07, 6.45) is 4.56. The number of H-pyrrole nitrogens is 1. The van der Waals surface area contributed by atoms with E-state index >= 15 is 0 Å². The monoisotopic (exact) mass is 270 g/mol. The zero-order valence-corrected chi connectivity index (χ0v) is 10.8. The molecule has 0 unspecified atom stereocenters. The van der Waals surface area contributed by atoms with Gasteiger partial charge in [0.15, 0.2) is 0 Å². The summed E-state index contributed by atoms with van der Waals surface area (Å²) in [5, 5.41) is 6.01. The number of aryl methyl sites for hydroxylation is 1. The zero-order chi connectivity index (χ0) is 13.3. The van der Waals surface area contributed by atoms with Crippen LogP contribution in [0.25, 0.3) is 0 Å². The molecule has 0 atom stereocenters. The van der Waals surface area contributed by atoms with Gasteiger partial charge in [-0.15, -0.1) is 0 Å². The summed E-state index contributed by atoms with van der Waals surface area (Å²) in [6.45, 7) is 0.163. The predicted molar refractivity (Wildman–Crippen MR) is 64.9 cm³/mol. The third-order valence-corrected chi connectivity index (χ3v) is 4.44. The van der Waals surface area contributed by atoms with Gasteiger partial charge in [-0.1, -0.05) is 0 Å². The van der Waals surface area contributed by atoms with Gasteiger partial charge in [0.2, 0.25) is 10.0 Å². The van der Waals surface area contributed by atoms with E-state index in [1.807, 2.05) is 0 Å². The van der Waals surface area contributed by atoms with Gasteiger partial charge in [0.25, 0.3) is 0 Å². The largest absolute Gasteiger partial charge is 0.383 e. The molecule has 0 aliphatic carbocycles. The van der Waals surface area contributed by atoms with Crippen LogP contribution in [0.4, 0.5) is 5.82 Å². The quantitative estimate of drug-likeness (QED) is 0.781. The SMILES string of the molecule is CN(Cc1nccn1C)S(=O)(=O)c1cn[nH]c1N. The number of nitrogens with two attached hydrogens (primary N) is 1. The molecule has 0 aliphatic heterocycles. The van der Waals surface area contributed by atoms with Crippen molar-refractivity contribution in [3.63, 3.8) is 0 Å². The summed E-state index contributed by atoms with van der Waals surface area (Å²) in [5.41, 5.74) is 5.52. The Hall–Kier alpha value is -1.87. The van der Waals surface area contributed by atoms with Gasteiger partial charge in [-0.05, 0) is 0 Å². The number of aromatic amines is 1. The molecule has 98 valence electrons. The summed E-state index contributed by atoms with van der Waals surface area (Å²) in [4.78, 5) is 4.05. The van der Waals surface area contributed by atoms with Crippen LogP contribution in [-0.2, 0) is 23.6 Å². The van der Waals surface area contributed by atoms with Crippen LogP contribution >= 0.6 is 0 Å². The number of nitrogen functional groups attached to an aromatic ring is 1. The Morgan fingerprint density at radius 3 is 2.78 bits per heavy atom. The van der Waals surface area contributed by atoms with E-state index in [0.717, 1.165) is 0 Å². The highest BCUT2D eigenvalue weighted by Gasteiger charge is 2.25. The first kappa shape index (κ1) is 12.6. The number of hydrogen-bond acceptors (Lipinski definition) is 5. The number of anilines is 1. The number of aromatic nitrogens is 4. The highest BCUT2D eigenvalue weighted by atomic mass is 32.2. The van der Waals surface area contributed by atoms with Gasteiger partial charge in [-0.3, -0.25) is 5.10 Å². The molecule has 0 fully saturated rings. The average Bonchev–Trinajstić information content (AvgIpc) is 2.88. The van der Waals surface area contributed by atoms with Crippen LogP contribution in [0.5, 0.6) is 0 Å². The van der Waals surface area contributed by atoms with Crippen molar-refractivity contribution in [1.29, 1.82) is 0 Å². The molecule has 18 heavy (non-hydrogen) atoms. The van der Waals surface area contributed by atoms with E-state index in [2.05, 4.69) is 15.2 Å². The maximum Gasteiger partial charge on any atom is 0.248 e. The van der Waals surface area contributed by atoms with Gasteiger partial charge in [0, 0.05) is 26.5 Å². The molecule has 2 aromatic rings. The molecule has 2 aromatic heterocycles. The Kier molecular flexibility index (Phi) is 3.09. The van der Waals surface area contributed by atoms with Crippen molar-refractivity contribution in [1.82, 2.24) is 24.1 Å². The van der Waals surface area contributed by atoms with Gasteiger partial charge < -0.3 is 10.3 Å². The minimum atomic E-state index is -3.66. The number of rotatable bonds is 4. The molecule has 0 aromatic carbocycles. The Balaban J connectivity index is 2.27. The molecule has 0 saturated heterocycles. The van der Waals surface area contributed by atoms with Crippen molar-refractivity contribution in [2.75, 3.05) is 12.8 Å². The Bertz CT molecular complexity index is 644. The van der Waals surface area contributed by atoms with Crippen LogP contribution in [0.3, 0.4) is 0 Å². The lowest BCUT2D eigenvalue weighted by Crippen LogP contribution is -2.28. The number of hydrogen-bond donors (Lipinski definition) is 2. The normalized spacial score (nSPS) is 12.2. The summed E-state index contributed by atoms with van der Waals surface area (Å²) in [6, 6.07) is 0. The lowest BCUT2D eigenvalue weighted by Gasteiger charge is -2.16. The summed E-state index contributed by atoms with van der Waals surface area (Å²) >= 11 is 0. The second-order valence-electron chi connectivity index (χ2n) is 3.86. The minimum absolute atomic E-state index is 0.0285. The van der Waals surface area contributed by atoms with E-state index < -0.39 is 10.0 Å². The Morgan fingerprint density at radius 2 is 2.28 bits per heavy atom. The highest BCUT2D eigenvalue weighted by Crippen LogP contribution is 2.19. The van der Waals surface area contributed by atoms with E-state index in [1.54, 1.807) is 24.0 Å². The molecule has 0 bridgehead atoms. The van der Waals surface area contributed by atoms with Gasteiger partial charge >= 0.3 is 0 Å². The van der Waals surface area contributed by atoms with Gasteiger partial charge in [0.1, 0.15) is 16.5 Å². The Morgan fingerprint density at radius 1 is 1.56 bits per heavy atom. The Labute approximate surface area is 104 Å². The van der Waals surface area contributed by atoms with Crippen molar-refractivity contribution in [2.24, 2.45) is 7.05 Å². The molecule has 3 N–H and O–H groups in total. The van der Waals surface area contributed by atoms with E-state index in [-0.39, 0.29) is 17.3 Å². The zero-order valence-electron chi connectivity index (χ0n) is 10.0. The predicted octanol–water partition coefficient (Wildman–Crippen LogP) is -0.454.